The minimum Gasteiger partial charge on any atom is -0.0667 e. The Morgan fingerprint density at radius 3 is 2.00 bits per heavy atom. The van der Waals surface area contributed by atoms with Crippen LogP contribution in [0.3, 0.4) is 0 Å². The first-order valence-corrected chi connectivity index (χ1v) is 5.45. The molecule has 0 rings (SSSR count). The van der Waals surface area contributed by atoms with Crippen molar-refractivity contribution in [2.75, 3.05) is 0 Å². The molecule has 0 nitrogen and oxygen atoms in total. The van der Waals surface area contributed by atoms with Crippen molar-refractivity contribution < 1.29 is 0 Å². The maximum atomic E-state index is 2.41. The van der Waals surface area contributed by atoms with Crippen molar-refractivity contribution in [2.24, 2.45) is 11.8 Å². The highest BCUT2D eigenvalue weighted by Crippen LogP contribution is 2.42. The molecule has 0 saturated heterocycles. The predicted molar refractivity (Wildman–Crippen MR) is 60.4 cm³/mol. The van der Waals surface area contributed by atoms with Crippen LogP contribution in [0, 0.1) is 11.8 Å². The molecule has 0 saturated carbocycles. The van der Waals surface area contributed by atoms with E-state index >= 15 is 0 Å². The van der Waals surface area contributed by atoms with Gasteiger partial charge in [0.25, 0.3) is 0 Å². The van der Waals surface area contributed by atoms with E-state index in [9.17, 15) is 0 Å². The highest BCUT2D eigenvalue weighted by molar-refractivity contribution is 6.15. The summed E-state index contributed by atoms with van der Waals surface area (Å²) in [6, 6.07) is 0. The van der Waals surface area contributed by atoms with Crippen molar-refractivity contribution in [2.45, 2.75) is 59.2 Å². The summed E-state index contributed by atoms with van der Waals surface area (Å²) in [7, 11) is 2.41. The maximum Gasteiger partial charge on any atom is 0.109 e. The van der Waals surface area contributed by atoms with E-state index in [1.807, 2.05) is 0 Å². The summed E-state index contributed by atoms with van der Waals surface area (Å²) in [5.74, 6) is 1.73. The Hall–Kier alpha value is 0.0649. The molecule has 0 amide bonds. The van der Waals surface area contributed by atoms with Gasteiger partial charge in [-0.05, 0) is 11.8 Å². The second-order valence-electron chi connectivity index (χ2n) is 4.98. The number of hydrogen-bond donors (Lipinski definition) is 0. The summed E-state index contributed by atoms with van der Waals surface area (Å²) in [6.45, 7) is 11.7. The van der Waals surface area contributed by atoms with Crippen molar-refractivity contribution in [3.05, 3.63) is 0 Å². The summed E-state index contributed by atoms with van der Waals surface area (Å²) in [6.07, 6.45) is 4.01. The van der Waals surface area contributed by atoms with Crippen LogP contribution in [0.15, 0.2) is 0 Å². The summed E-state index contributed by atoms with van der Waals surface area (Å²) in [5.41, 5.74) is 0. The molecular weight excluding hydrogens is 143 g/mol. The maximum absolute atomic E-state index is 2.41. The van der Waals surface area contributed by atoms with Gasteiger partial charge in [-0.3, -0.25) is 0 Å². The molecule has 0 aliphatic heterocycles. The molecule has 0 bridgehead atoms. The normalized spacial score (nSPS) is 19.2. The highest BCUT2D eigenvalue weighted by Gasteiger charge is 2.28. The molecule has 0 radical (unpaired) electrons. The quantitative estimate of drug-likeness (QED) is 0.552. The largest absolute Gasteiger partial charge is 0.109 e. The van der Waals surface area contributed by atoms with Crippen LogP contribution < -0.4 is 0 Å². The molecule has 0 aliphatic rings. The Bertz CT molecular complexity index is 116. The fourth-order valence-electron chi connectivity index (χ4n) is 2.20. The smallest absolute Gasteiger partial charge is 0.0667 e. The average Bonchev–Trinajstić information content (AvgIpc) is 1.99. The van der Waals surface area contributed by atoms with Crippen LogP contribution >= 0.6 is 0 Å². The van der Waals surface area contributed by atoms with Crippen molar-refractivity contribution in [3.8, 4) is 0 Å². The molecule has 0 aromatic rings. The van der Waals surface area contributed by atoms with E-state index in [0.717, 1.165) is 11.8 Å². The Balaban J connectivity index is 4.27. The Morgan fingerprint density at radius 2 is 1.75 bits per heavy atom. The van der Waals surface area contributed by atoms with Crippen molar-refractivity contribution in [1.82, 2.24) is 0 Å². The highest BCUT2D eigenvalue weighted by atomic mass is 14.3. The van der Waals surface area contributed by atoms with Gasteiger partial charge in [0, 0.05) is 0 Å². The van der Waals surface area contributed by atoms with Gasteiger partial charge in [0.05, 0.1) is 0 Å². The van der Waals surface area contributed by atoms with Gasteiger partial charge in [-0.1, -0.05) is 59.2 Å². The third kappa shape index (κ3) is 3.20. The molecule has 72 valence electrons. The van der Waals surface area contributed by atoms with Crippen molar-refractivity contribution in [3.63, 3.8) is 0 Å². The molecule has 0 aliphatic carbocycles. The lowest BCUT2D eigenvalue weighted by Gasteiger charge is -2.36. The first-order valence-electron chi connectivity index (χ1n) is 5.45. The average molecular weight is 168 g/mol. The number of rotatable bonds is 5. The lowest BCUT2D eigenvalue weighted by Crippen LogP contribution is -2.24. The van der Waals surface area contributed by atoms with Gasteiger partial charge in [0.2, 0.25) is 0 Å². The molecule has 1 heteroatoms. The third-order valence-electron chi connectivity index (χ3n) is 3.32. The second-order valence-corrected chi connectivity index (χ2v) is 4.98. The van der Waals surface area contributed by atoms with Gasteiger partial charge < -0.3 is 0 Å². The SMILES string of the molecule is BC(C)(CC)C(CCC)C(C)C. The monoisotopic (exact) mass is 168 g/mol. The third-order valence-corrected chi connectivity index (χ3v) is 3.32. The van der Waals surface area contributed by atoms with Gasteiger partial charge in [0.1, 0.15) is 7.85 Å². The zero-order valence-corrected chi connectivity index (χ0v) is 9.78. The van der Waals surface area contributed by atoms with Crippen LogP contribution in [0.2, 0.25) is 5.31 Å². The first kappa shape index (κ1) is 12.1. The lowest BCUT2D eigenvalue weighted by molar-refractivity contribution is 0.261. The van der Waals surface area contributed by atoms with Crippen LogP contribution in [0.25, 0.3) is 0 Å². The molecule has 0 N–H and O–H groups in total. The Morgan fingerprint density at radius 1 is 1.25 bits per heavy atom. The fourth-order valence-corrected chi connectivity index (χ4v) is 2.20. The van der Waals surface area contributed by atoms with Crippen LogP contribution in [0.5, 0.6) is 0 Å². The van der Waals surface area contributed by atoms with E-state index in [4.69, 9.17) is 0 Å². The van der Waals surface area contributed by atoms with Crippen LogP contribution in [0.4, 0.5) is 0 Å². The minimum absolute atomic E-state index is 0.532. The molecule has 2 atom stereocenters. The van der Waals surface area contributed by atoms with Crippen LogP contribution in [0.1, 0.15) is 53.9 Å². The summed E-state index contributed by atoms with van der Waals surface area (Å²) in [4.78, 5) is 0. The van der Waals surface area contributed by atoms with Gasteiger partial charge >= 0.3 is 0 Å². The van der Waals surface area contributed by atoms with Crippen LogP contribution in [-0.4, -0.2) is 7.85 Å². The summed E-state index contributed by atoms with van der Waals surface area (Å²) in [5, 5.41) is 0.532. The number of hydrogen-bond acceptors (Lipinski definition) is 0. The first-order chi connectivity index (χ1) is 5.45. The van der Waals surface area contributed by atoms with E-state index in [0.29, 0.717) is 5.31 Å². The molecule has 0 fully saturated rings. The molecule has 0 spiro atoms. The molecular formula is C11H25B. The van der Waals surface area contributed by atoms with Gasteiger partial charge in [0.15, 0.2) is 0 Å². The van der Waals surface area contributed by atoms with E-state index < -0.39 is 0 Å². The standard InChI is InChI=1S/C11H25B/c1-6-8-10(9(3)4)11(5,12)7-2/h9-10H,6-8,12H2,1-5H3. The Labute approximate surface area is 79.5 Å². The molecule has 0 aromatic carbocycles. The molecule has 0 aromatic heterocycles. The molecule has 0 heterocycles. The van der Waals surface area contributed by atoms with Crippen molar-refractivity contribution in [1.29, 1.82) is 0 Å². The van der Waals surface area contributed by atoms with Gasteiger partial charge in [-0.25, -0.2) is 0 Å². The molecule has 12 heavy (non-hydrogen) atoms. The lowest BCUT2D eigenvalue weighted by atomic mass is 9.56. The molecule has 2 unspecified atom stereocenters. The van der Waals surface area contributed by atoms with Crippen LogP contribution in [-0.2, 0) is 0 Å². The van der Waals surface area contributed by atoms with E-state index in [-0.39, 0.29) is 0 Å². The minimum atomic E-state index is 0.532. The fraction of sp³-hybridized carbons (Fsp3) is 1.00. The summed E-state index contributed by atoms with van der Waals surface area (Å²) >= 11 is 0. The zero-order valence-electron chi connectivity index (χ0n) is 9.78. The second kappa shape index (κ2) is 4.94. The van der Waals surface area contributed by atoms with E-state index in [2.05, 4.69) is 42.5 Å². The van der Waals surface area contributed by atoms with Gasteiger partial charge in [-0.15, -0.1) is 0 Å². The van der Waals surface area contributed by atoms with Gasteiger partial charge in [-0.2, -0.15) is 0 Å². The van der Waals surface area contributed by atoms with Crippen molar-refractivity contribution >= 4 is 7.85 Å². The summed E-state index contributed by atoms with van der Waals surface area (Å²) < 4.78 is 0. The topological polar surface area (TPSA) is 0 Å². The Kier molecular flexibility index (Phi) is 4.97. The predicted octanol–water partition coefficient (Wildman–Crippen LogP) is 3.28. The van der Waals surface area contributed by atoms with E-state index in [1.54, 1.807) is 0 Å². The zero-order chi connectivity index (χ0) is 9.78. The van der Waals surface area contributed by atoms with E-state index in [1.165, 1.54) is 19.3 Å².